The van der Waals surface area contributed by atoms with Crippen LogP contribution in [0.1, 0.15) is 0 Å². The summed E-state index contributed by atoms with van der Waals surface area (Å²) < 4.78 is 3.27. The topological polar surface area (TPSA) is 0 Å². The molecule has 1 aromatic carbocycles. The molecule has 0 aliphatic carbocycles. The molecule has 0 saturated heterocycles. The molecule has 66 valence electrons. The van der Waals surface area contributed by atoms with Crippen molar-refractivity contribution < 1.29 is 0 Å². The van der Waals surface area contributed by atoms with Crippen LogP contribution in [0.4, 0.5) is 0 Å². The van der Waals surface area contributed by atoms with Crippen molar-refractivity contribution in [3.8, 4) is 0 Å². The molecule has 0 bridgehead atoms. The molecule has 12 heavy (non-hydrogen) atoms. The molecule has 0 nitrogen and oxygen atoms in total. The van der Waals surface area contributed by atoms with E-state index in [4.69, 9.17) is 0 Å². The van der Waals surface area contributed by atoms with Crippen LogP contribution in [-0.4, -0.2) is 26.7 Å². The zero-order chi connectivity index (χ0) is 9.14. The van der Waals surface area contributed by atoms with Crippen LogP contribution >= 0.6 is 72.2 Å². The van der Waals surface area contributed by atoms with Crippen molar-refractivity contribution in [1.82, 2.24) is 0 Å². The standard InChI is InChI=1S/C6H4.2Bi.4HI/c1-2-4-6-5-3-1;;;;;;/h1-2,5-6H;;;4*1H/q;2*+2;;;;/p-4. The molecule has 0 aliphatic heterocycles. The van der Waals surface area contributed by atoms with Gasteiger partial charge in [-0.05, 0) is 0 Å². The first kappa shape index (κ1) is 14.0. The van der Waals surface area contributed by atoms with Crippen molar-refractivity contribution in [2.24, 2.45) is 0 Å². The molecule has 0 aromatic heterocycles. The van der Waals surface area contributed by atoms with E-state index in [1.54, 1.807) is 6.54 Å². The summed E-state index contributed by atoms with van der Waals surface area (Å²) in [4.78, 5) is 0. The van der Waals surface area contributed by atoms with Gasteiger partial charge in [0.1, 0.15) is 0 Å². The Morgan fingerprint density at radius 3 is 1.08 bits per heavy atom. The monoisotopic (exact) mass is 1000 g/mol. The summed E-state index contributed by atoms with van der Waals surface area (Å²) in [6.07, 6.45) is 0. The Morgan fingerprint density at radius 1 is 0.667 bits per heavy atom. The van der Waals surface area contributed by atoms with Gasteiger partial charge < -0.3 is 0 Å². The van der Waals surface area contributed by atoms with E-state index >= 15 is 0 Å². The fraction of sp³-hybridized carbons (Fsp3) is 0. The third kappa shape index (κ3) is 4.83. The molecule has 0 radical (unpaired) electrons. The van der Waals surface area contributed by atoms with E-state index in [9.17, 15) is 0 Å². The second-order valence-electron chi connectivity index (χ2n) is 1.98. The van der Waals surface area contributed by atoms with Crippen LogP contribution < -0.4 is 6.54 Å². The molecule has 1 rings (SSSR count). The Bertz CT molecular complexity index is 219. The molecule has 0 N–H and O–H groups in total. The van der Waals surface area contributed by atoms with Gasteiger partial charge in [-0.15, -0.1) is 0 Å². The predicted octanol–water partition coefficient (Wildman–Crippen LogP) is 2.82. The van der Waals surface area contributed by atoms with Crippen LogP contribution in [0.3, 0.4) is 0 Å². The molecule has 1 aromatic rings. The summed E-state index contributed by atoms with van der Waals surface area (Å²) in [5.74, 6) is 0. The van der Waals surface area contributed by atoms with Gasteiger partial charge in [0, 0.05) is 0 Å². The SMILES string of the molecule is [I][Bi]([I])[c]1cc[c]([Bi]([I])[I])cc1. The van der Waals surface area contributed by atoms with Crippen molar-refractivity contribution >= 4 is 105 Å². The maximum absolute atomic E-state index is 2.64. The first-order valence-electron chi connectivity index (χ1n) is 2.94. The van der Waals surface area contributed by atoms with E-state index < -0.39 is 26.7 Å². The van der Waals surface area contributed by atoms with E-state index in [1.165, 1.54) is 0 Å². The van der Waals surface area contributed by atoms with Crippen molar-refractivity contribution in [2.75, 3.05) is 0 Å². The Balaban J connectivity index is 2.86. The van der Waals surface area contributed by atoms with Gasteiger partial charge in [0.05, 0.1) is 0 Å². The van der Waals surface area contributed by atoms with E-state index in [1.807, 2.05) is 0 Å². The van der Waals surface area contributed by atoms with Gasteiger partial charge in [-0.2, -0.15) is 0 Å². The molecular weight excluding hydrogens is 998 g/mol. The Labute approximate surface area is 126 Å². The van der Waals surface area contributed by atoms with Gasteiger partial charge in [0.2, 0.25) is 0 Å². The molecule has 0 amide bonds. The summed E-state index contributed by atoms with van der Waals surface area (Å²) in [6.45, 7) is 0. The van der Waals surface area contributed by atoms with Crippen LogP contribution in [-0.2, 0) is 0 Å². The van der Waals surface area contributed by atoms with E-state index in [2.05, 4.69) is 96.4 Å². The molecule has 0 heterocycles. The average Bonchev–Trinajstić information content (AvgIpc) is 2.04. The van der Waals surface area contributed by atoms with Crippen LogP contribution in [0.15, 0.2) is 24.3 Å². The number of benzene rings is 1. The zero-order valence-corrected chi connectivity index (χ0v) is 21.3. The first-order valence-corrected chi connectivity index (χ1v) is 45.5. The van der Waals surface area contributed by atoms with Gasteiger partial charge in [-0.25, -0.2) is 0 Å². The van der Waals surface area contributed by atoms with E-state index in [0.29, 0.717) is 0 Å². The Hall–Kier alpha value is 3.91. The summed E-state index contributed by atoms with van der Waals surface area (Å²) in [5, 5.41) is 0. The number of hydrogen-bond acceptors (Lipinski definition) is 0. The van der Waals surface area contributed by atoms with Crippen LogP contribution in [0.25, 0.3) is 0 Å². The fourth-order valence-corrected chi connectivity index (χ4v) is 14.9. The van der Waals surface area contributed by atoms with Crippen molar-refractivity contribution in [3.05, 3.63) is 24.3 Å². The molecule has 0 fully saturated rings. The molecule has 0 unspecified atom stereocenters. The van der Waals surface area contributed by atoms with Crippen LogP contribution in [0.5, 0.6) is 0 Å². The van der Waals surface area contributed by atoms with E-state index in [-0.39, 0.29) is 0 Å². The van der Waals surface area contributed by atoms with Crippen LogP contribution in [0.2, 0.25) is 0 Å². The Kier molecular flexibility index (Phi) is 8.47. The van der Waals surface area contributed by atoms with Gasteiger partial charge in [0.15, 0.2) is 0 Å². The second-order valence-corrected chi connectivity index (χ2v) is 75.9. The first-order chi connectivity index (χ1) is 5.61. The summed E-state index contributed by atoms with van der Waals surface area (Å²) in [7, 11) is 0. The van der Waals surface area contributed by atoms with Gasteiger partial charge in [0.25, 0.3) is 0 Å². The second kappa shape index (κ2) is 7.27. The Morgan fingerprint density at radius 2 is 0.917 bits per heavy atom. The minimum atomic E-state index is -1.19. The normalized spacial score (nSPS) is 11.2. The molecule has 0 saturated carbocycles. The van der Waals surface area contributed by atoms with Crippen molar-refractivity contribution in [1.29, 1.82) is 0 Å². The quantitative estimate of drug-likeness (QED) is 0.317. The summed E-state index contributed by atoms with van der Waals surface area (Å²) >= 11 is 8.17. The zero-order valence-electron chi connectivity index (χ0n) is 5.72. The molecular formula is C6H4Bi2I4. The third-order valence-electron chi connectivity index (χ3n) is 1.24. The van der Waals surface area contributed by atoms with Crippen LogP contribution in [0, 0.1) is 0 Å². The fourth-order valence-electron chi connectivity index (χ4n) is 0.678. The number of halogens is 4. The third-order valence-corrected chi connectivity index (χ3v) is 26.1. The molecule has 0 aliphatic rings. The summed E-state index contributed by atoms with van der Waals surface area (Å²) in [5.41, 5.74) is 0. The molecule has 6 heteroatoms. The molecule has 0 atom stereocenters. The minimum absolute atomic E-state index is 1.19. The van der Waals surface area contributed by atoms with Crippen molar-refractivity contribution in [2.45, 2.75) is 0 Å². The molecule has 0 spiro atoms. The van der Waals surface area contributed by atoms with Gasteiger partial charge in [-0.3, -0.25) is 0 Å². The summed E-state index contributed by atoms with van der Waals surface area (Å²) in [6, 6.07) is 9.41. The van der Waals surface area contributed by atoms with Gasteiger partial charge >= 0.3 is 130 Å². The number of hydrogen-bond donors (Lipinski definition) is 0. The maximum atomic E-state index is 2.64. The number of rotatable bonds is 2. The van der Waals surface area contributed by atoms with Crippen molar-refractivity contribution in [3.63, 3.8) is 0 Å². The van der Waals surface area contributed by atoms with E-state index in [0.717, 1.165) is 0 Å². The predicted molar refractivity (Wildman–Crippen MR) is 93.3 cm³/mol. The van der Waals surface area contributed by atoms with Gasteiger partial charge in [-0.1, -0.05) is 0 Å². The average molecular weight is 1000 g/mol.